The van der Waals surface area contributed by atoms with Gasteiger partial charge in [0.15, 0.2) is 0 Å². The lowest BCUT2D eigenvalue weighted by atomic mass is 9.82. The van der Waals surface area contributed by atoms with E-state index in [1.807, 2.05) is 51.6 Å². The van der Waals surface area contributed by atoms with Gasteiger partial charge in [0.25, 0.3) is 0 Å². The van der Waals surface area contributed by atoms with Crippen LogP contribution in [0.25, 0.3) is 0 Å². The first-order valence-corrected chi connectivity index (χ1v) is 8.38. The predicted octanol–water partition coefficient (Wildman–Crippen LogP) is 6.82. The summed E-state index contributed by atoms with van der Waals surface area (Å²) in [5.74, 6) is 0. The van der Waals surface area contributed by atoms with Crippen molar-refractivity contribution in [2.24, 2.45) is 0 Å². The van der Waals surface area contributed by atoms with Crippen LogP contribution in [0.15, 0.2) is 29.2 Å². The second-order valence-corrected chi connectivity index (χ2v) is 5.92. The molecule has 0 unspecified atom stereocenters. The molecule has 18 heavy (non-hydrogen) atoms. The van der Waals surface area contributed by atoms with Gasteiger partial charge in [-0.05, 0) is 43.5 Å². The molecule has 0 aromatic heterocycles. The van der Waals surface area contributed by atoms with E-state index in [1.165, 1.54) is 30.6 Å². The van der Waals surface area contributed by atoms with Gasteiger partial charge in [0.2, 0.25) is 0 Å². The van der Waals surface area contributed by atoms with E-state index >= 15 is 0 Å². The highest BCUT2D eigenvalue weighted by molar-refractivity contribution is 8.00. The quantitative estimate of drug-likeness (QED) is 0.587. The molecule has 1 aromatic rings. The summed E-state index contributed by atoms with van der Waals surface area (Å²) in [5.41, 5.74) is 0. The normalized spacial score (nSPS) is 15.4. The lowest BCUT2D eigenvalue weighted by Crippen LogP contribution is -2.32. The van der Waals surface area contributed by atoms with Crippen LogP contribution in [0.3, 0.4) is 0 Å². The maximum atomic E-state index is 5.86. The first-order chi connectivity index (χ1) is 8.74. The third-order valence-electron chi connectivity index (χ3n) is 3.06. The summed E-state index contributed by atoms with van der Waals surface area (Å²) in [6.07, 6.45) is 5.42. The number of benzene rings is 1. The summed E-state index contributed by atoms with van der Waals surface area (Å²) >= 11 is 7.88. The fraction of sp³-hybridized carbons (Fsp3) is 0.625. The molecule has 104 valence electrons. The molecule has 2 heteroatoms. The molecule has 0 atom stereocenters. The molecule has 1 fully saturated rings. The van der Waals surface area contributed by atoms with E-state index in [9.17, 15) is 0 Å². The largest absolute Gasteiger partial charge is 0.119 e. The lowest BCUT2D eigenvalue weighted by Gasteiger charge is -2.40. The third-order valence-corrected chi connectivity index (χ3v) is 4.95. The van der Waals surface area contributed by atoms with Crippen molar-refractivity contribution in [3.05, 3.63) is 29.3 Å². The highest BCUT2D eigenvalue weighted by Gasteiger charge is 2.35. The molecule has 0 bridgehead atoms. The second-order valence-electron chi connectivity index (χ2n) is 3.95. The van der Waals surface area contributed by atoms with Crippen molar-refractivity contribution < 1.29 is 0 Å². The Morgan fingerprint density at radius 1 is 1.06 bits per heavy atom. The first kappa shape index (κ1) is 17.9. The van der Waals surface area contributed by atoms with Crippen molar-refractivity contribution in [1.29, 1.82) is 0 Å². The van der Waals surface area contributed by atoms with Gasteiger partial charge in [-0.25, -0.2) is 0 Å². The number of hydrogen-bond acceptors (Lipinski definition) is 1. The van der Waals surface area contributed by atoms with Crippen molar-refractivity contribution in [1.82, 2.24) is 0 Å². The van der Waals surface area contributed by atoms with E-state index in [1.54, 1.807) is 0 Å². The van der Waals surface area contributed by atoms with Crippen LogP contribution in [0.1, 0.15) is 60.3 Å². The molecular weight excluding hydrogens is 260 g/mol. The summed E-state index contributed by atoms with van der Waals surface area (Å²) in [6.45, 7) is 10.3. The van der Waals surface area contributed by atoms with Gasteiger partial charge in [-0.3, -0.25) is 0 Å². The van der Waals surface area contributed by atoms with E-state index in [4.69, 9.17) is 11.6 Å². The Morgan fingerprint density at radius 2 is 1.56 bits per heavy atom. The van der Waals surface area contributed by atoms with Gasteiger partial charge in [0.05, 0.1) is 0 Å². The lowest BCUT2D eigenvalue weighted by molar-refractivity contribution is 0.353. The molecule has 0 nitrogen and oxygen atoms in total. The Balaban J connectivity index is 0.000000659. The van der Waals surface area contributed by atoms with Crippen LogP contribution in [0.5, 0.6) is 0 Å². The zero-order valence-electron chi connectivity index (χ0n) is 12.4. The second kappa shape index (κ2) is 9.75. The highest BCUT2D eigenvalue weighted by Crippen LogP contribution is 2.49. The predicted molar refractivity (Wildman–Crippen MR) is 86.9 cm³/mol. The summed E-state index contributed by atoms with van der Waals surface area (Å²) < 4.78 is 0.536. The Labute approximate surface area is 123 Å². The topological polar surface area (TPSA) is 0 Å². The van der Waals surface area contributed by atoms with Gasteiger partial charge in [0, 0.05) is 14.7 Å². The van der Waals surface area contributed by atoms with E-state index in [2.05, 4.69) is 19.1 Å². The standard InChI is InChI=1S/C12H15ClS.2C2H6/c1-2-12(8-3-9-12)14-11-6-4-10(13)5-7-11;2*1-2/h4-7H,2-3,8-9H2,1H3;2*1-2H3. The summed E-state index contributed by atoms with van der Waals surface area (Å²) in [5, 5.41) is 0.827. The van der Waals surface area contributed by atoms with E-state index in [0.29, 0.717) is 4.75 Å². The Bertz CT molecular complexity index is 296. The molecule has 0 spiro atoms. The number of thioether (sulfide) groups is 1. The number of halogens is 1. The average molecular weight is 287 g/mol. The monoisotopic (exact) mass is 286 g/mol. The Morgan fingerprint density at radius 3 is 1.89 bits per heavy atom. The van der Waals surface area contributed by atoms with Crippen LogP contribution in [0.4, 0.5) is 0 Å². The zero-order chi connectivity index (χ0) is 14.0. The number of rotatable bonds is 3. The van der Waals surface area contributed by atoms with Gasteiger partial charge in [-0.15, -0.1) is 11.8 Å². The molecule has 1 aromatic carbocycles. The van der Waals surface area contributed by atoms with Crippen LogP contribution in [0, 0.1) is 0 Å². The van der Waals surface area contributed by atoms with Gasteiger partial charge < -0.3 is 0 Å². The van der Waals surface area contributed by atoms with Crippen molar-refractivity contribution >= 4 is 23.4 Å². The average Bonchev–Trinajstić information content (AvgIpc) is 2.41. The first-order valence-electron chi connectivity index (χ1n) is 7.19. The number of hydrogen-bond donors (Lipinski definition) is 0. The van der Waals surface area contributed by atoms with Crippen molar-refractivity contribution in [3.63, 3.8) is 0 Å². The van der Waals surface area contributed by atoms with E-state index in [0.717, 1.165) is 5.02 Å². The molecule has 0 saturated heterocycles. The molecular formula is C16H27ClS. The summed E-state index contributed by atoms with van der Waals surface area (Å²) in [6, 6.07) is 8.21. The van der Waals surface area contributed by atoms with Crippen LogP contribution in [-0.2, 0) is 0 Å². The minimum atomic E-state index is 0.536. The Hall–Kier alpha value is -0.140. The van der Waals surface area contributed by atoms with Gasteiger partial charge in [-0.2, -0.15) is 0 Å². The molecule has 2 rings (SSSR count). The molecule has 1 saturated carbocycles. The molecule has 1 aliphatic rings. The smallest absolute Gasteiger partial charge is 0.0406 e. The minimum absolute atomic E-state index is 0.536. The Kier molecular flexibility index (Phi) is 9.67. The fourth-order valence-corrected chi connectivity index (χ4v) is 3.39. The zero-order valence-corrected chi connectivity index (χ0v) is 14.0. The minimum Gasteiger partial charge on any atom is -0.119 e. The maximum Gasteiger partial charge on any atom is 0.0406 e. The molecule has 0 amide bonds. The highest BCUT2D eigenvalue weighted by atomic mass is 35.5. The molecule has 0 aliphatic heterocycles. The van der Waals surface area contributed by atoms with Crippen LogP contribution < -0.4 is 0 Å². The fourth-order valence-electron chi connectivity index (χ4n) is 1.85. The molecule has 1 aliphatic carbocycles. The van der Waals surface area contributed by atoms with Crippen LogP contribution >= 0.6 is 23.4 Å². The molecule has 0 radical (unpaired) electrons. The van der Waals surface area contributed by atoms with Gasteiger partial charge >= 0.3 is 0 Å². The maximum absolute atomic E-state index is 5.86. The third kappa shape index (κ3) is 5.24. The van der Waals surface area contributed by atoms with Crippen molar-refractivity contribution in [2.45, 2.75) is 69.9 Å². The summed E-state index contributed by atoms with van der Waals surface area (Å²) in [4.78, 5) is 1.36. The summed E-state index contributed by atoms with van der Waals surface area (Å²) in [7, 11) is 0. The van der Waals surface area contributed by atoms with Crippen molar-refractivity contribution in [3.8, 4) is 0 Å². The van der Waals surface area contributed by atoms with Crippen molar-refractivity contribution in [2.75, 3.05) is 0 Å². The van der Waals surface area contributed by atoms with Gasteiger partial charge in [-0.1, -0.05) is 52.6 Å². The van der Waals surface area contributed by atoms with Crippen LogP contribution in [-0.4, -0.2) is 4.75 Å². The molecule has 0 heterocycles. The van der Waals surface area contributed by atoms with E-state index in [-0.39, 0.29) is 0 Å². The van der Waals surface area contributed by atoms with Gasteiger partial charge in [0.1, 0.15) is 0 Å². The van der Waals surface area contributed by atoms with E-state index < -0.39 is 0 Å². The molecule has 0 N–H and O–H groups in total. The van der Waals surface area contributed by atoms with Crippen LogP contribution in [0.2, 0.25) is 5.02 Å². The SMILES string of the molecule is CC.CC.CCC1(Sc2ccc(Cl)cc2)CCC1.